The Morgan fingerprint density at radius 1 is 1.17 bits per heavy atom. The Morgan fingerprint density at radius 2 is 1.83 bits per heavy atom. The molecule has 0 unspecified atom stereocenters. The van der Waals surface area contributed by atoms with Crippen molar-refractivity contribution in [1.29, 1.82) is 0 Å². The summed E-state index contributed by atoms with van der Waals surface area (Å²) in [6.07, 6.45) is 3.85. The molecule has 12 heavy (non-hydrogen) atoms. The number of ether oxygens (including phenoxy) is 1. The molecule has 72 valence electrons. The van der Waals surface area contributed by atoms with Gasteiger partial charge in [-0.2, -0.15) is 0 Å². The fourth-order valence-electron chi connectivity index (χ4n) is 2.10. The first-order valence-electron chi connectivity index (χ1n) is 4.53. The normalized spacial score (nSPS) is 30.5. The molecule has 1 aliphatic heterocycles. The van der Waals surface area contributed by atoms with Crippen molar-refractivity contribution in [2.45, 2.75) is 44.3 Å². The van der Waals surface area contributed by atoms with Gasteiger partial charge in [-0.15, -0.1) is 12.4 Å². The van der Waals surface area contributed by atoms with Gasteiger partial charge in [0.1, 0.15) is 0 Å². The Morgan fingerprint density at radius 3 is 2.17 bits per heavy atom. The average Bonchev–Trinajstić information content (AvgIpc) is 1.82. The molecular formula is C9H18ClNO. The van der Waals surface area contributed by atoms with Crippen molar-refractivity contribution < 1.29 is 4.74 Å². The predicted octanol–water partition coefficient (Wildman–Crippen LogP) is 1.73. The van der Waals surface area contributed by atoms with Gasteiger partial charge in [-0.05, 0) is 33.1 Å². The van der Waals surface area contributed by atoms with Crippen molar-refractivity contribution in [2.24, 2.45) is 0 Å². The van der Waals surface area contributed by atoms with E-state index in [-0.39, 0.29) is 23.6 Å². The molecule has 1 N–H and O–H groups in total. The summed E-state index contributed by atoms with van der Waals surface area (Å²) in [7, 11) is 0. The van der Waals surface area contributed by atoms with Crippen LogP contribution >= 0.6 is 12.4 Å². The molecule has 1 spiro atoms. The zero-order valence-electron chi connectivity index (χ0n) is 7.85. The highest BCUT2D eigenvalue weighted by atomic mass is 35.5. The molecule has 0 atom stereocenters. The minimum atomic E-state index is 0. The fourth-order valence-corrected chi connectivity index (χ4v) is 2.10. The maximum Gasteiger partial charge on any atom is 0.0814 e. The van der Waals surface area contributed by atoms with Crippen LogP contribution in [0.3, 0.4) is 0 Å². The van der Waals surface area contributed by atoms with Crippen LogP contribution in [0.1, 0.15) is 33.1 Å². The number of hydrogen-bond acceptors (Lipinski definition) is 2. The first kappa shape index (κ1) is 10.3. The maximum atomic E-state index is 6.03. The Labute approximate surface area is 80.5 Å². The van der Waals surface area contributed by atoms with Crippen molar-refractivity contribution in [1.82, 2.24) is 5.32 Å². The molecule has 1 aliphatic carbocycles. The van der Waals surface area contributed by atoms with Crippen molar-refractivity contribution >= 4 is 12.4 Å². The average molecular weight is 192 g/mol. The standard InChI is InChI=1S/C9H17NO.ClH/c1-8(2)6-10-7-9(11-8)4-3-5-9;/h10H,3-7H2,1-2H3;1H. The Kier molecular flexibility index (Phi) is 2.72. The van der Waals surface area contributed by atoms with Crippen LogP contribution in [-0.4, -0.2) is 24.3 Å². The quantitative estimate of drug-likeness (QED) is 0.630. The highest BCUT2D eigenvalue weighted by Gasteiger charge is 2.44. The van der Waals surface area contributed by atoms with E-state index in [9.17, 15) is 0 Å². The summed E-state index contributed by atoms with van der Waals surface area (Å²) in [4.78, 5) is 0. The number of halogens is 1. The van der Waals surface area contributed by atoms with Crippen molar-refractivity contribution in [3.05, 3.63) is 0 Å². The summed E-state index contributed by atoms with van der Waals surface area (Å²) >= 11 is 0. The summed E-state index contributed by atoms with van der Waals surface area (Å²) in [5.41, 5.74) is 0.278. The lowest BCUT2D eigenvalue weighted by Gasteiger charge is -2.51. The van der Waals surface area contributed by atoms with Gasteiger partial charge in [0.2, 0.25) is 0 Å². The molecule has 0 aromatic carbocycles. The van der Waals surface area contributed by atoms with Gasteiger partial charge in [0, 0.05) is 13.1 Å². The van der Waals surface area contributed by atoms with Crippen LogP contribution in [0.4, 0.5) is 0 Å². The molecule has 2 fully saturated rings. The van der Waals surface area contributed by atoms with Gasteiger partial charge < -0.3 is 10.1 Å². The van der Waals surface area contributed by atoms with Crippen molar-refractivity contribution in [3.63, 3.8) is 0 Å². The van der Waals surface area contributed by atoms with Crippen LogP contribution in [0.15, 0.2) is 0 Å². The summed E-state index contributed by atoms with van der Waals surface area (Å²) in [6.45, 7) is 6.39. The third-order valence-electron chi connectivity index (χ3n) is 2.76. The highest BCUT2D eigenvalue weighted by Crippen LogP contribution is 2.40. The predicted molar refractivity (Wildman–Crippen MR) is 51.9 cm³/mol. The highest BCUT2D eigenvalue weighted by molar-refractivity contribution is 5.85. The second-order valence-electron chi connectivity index (χ2n) is 4.50. The Hall–Kier alpha value is 0.210. The summed E-state index contributed by atoms with van der Waals surface area (Å²) in [5.74, 6) is 0. The minimum absolute atomic E-state index is 0. The number of morpholine rings is 1. The van der Waals surface area contributed by atoms with Crippen LogP contribution in [0, 0.1) is 0 Å². The topological polar surface area (TPSA) is 21.3 Å². The molecule has 0 aromatic rings. The number of hydrogen-bond donors (Lipinski definition) is 1. The van der Waals surface area contributed by atoms with Gasteiger partial charge in [-0.3, -0.25) is 0 Å². The molecule has 0 amide bonds. The molecule has 3 heteroatoms. The molecule has 1 heterocycles. The molecular weight excluding hydrogens is 174 g/mol. The van der Waals surface area contributed by atoms with Crippen LogP contribution in [0.5, 0.6) is 0 Å². The maximum absolute atomic E-state index is 6.03. The van der Waals surface area contributed by atoms with E-state index >= 15 is 0 Å². The Balaban J connectivity index is 0.000000720. The smallest absolute Gasteiger partial charge is 0.0814 e. The second kappa shape index (κ2) is 3.17. The summed E-state index contributed by atoms with van der Waals surface area (Å²) in [5, 5.41) is 3.44. The van der Waals surface area contributed by atoms with Gasteiger partial charge in [-0.25, -0.2) is 0 Å². The van der Waals surface area contributed by atoms with Crippen LogP contribution in [-0.2, 0) is 4.74 Å². The summed E-state index contributed by atoms with van der Waals surface area (Å²) < 4.78 is 6.03. The lowest BCUT2D eigenvalue weighted by Crippen LogP contribution is -2.61. The van der Waals surface area contributed by atoms with Gasteiger partial charge in [0.05, 0.1) is 11.2 Å². The molecule has 2 nitrogen and oxygen atoms in total. The zero-order valence-corrected chi connectivity index (χ0v) is 8.67. The molecule has 2 rings (SSSR count). The first-order chi connectivity index (χ1) is 5.12. The monoisotopic (exact) mass is 191 g/mol. The molecule has 0 bridgehead atoms. The molecule has 0 radical (unpaired) electrons. The molecule has 1 saturated heterocycles. The van der Waals surface area contributed by atoms with Gasteiger partial charge >= 0.3 is 0 Å². The largest absolute Gasteiger partial charge is 0.366 e. The van der Waals surface area contributed by atoms with E-state index in [4.69, 9.17) is 4.74 Å². The van der Waals surface area contributed by atoms with E-state index in [1.165, 1.54) is 19.3 Å². The lowest BCUT2D eigenvalue weighted by molar-refractivity contribution is -0.195. The number of nitrogens with one attached hydrogen (secondary N) is 1. The second-order valence-corrected chi connectivity index (χ2v) is 4.50. The third kappa shape index (κ3) is 1.76. The fraction of sp³-hybridized carbons (Fsp3) is 1.00. The van der Waals surface area contributed by atoms with Crippen LogP contribution < -0.4 is 5.32 Å². The van der Waals surface area contributed by atoms with E-state index in [1.807, 2.05) is 0 Å². The van der Waals surface area contributed by atoms with Gasteiger partial charge in [0.15, 0.2) is 0 Å². The molecule has 1 saturated carbocycles. The minimum Gasteiger partial charge on any atom is -0.366 e. The van der Waals surface area contributed by atoms with Crippen LogP contribution in [0.25, 0.3) is 0 Å². The Bertz CT molecular complexity index is 166. The molecule has 2 aliphatic rings. The molecule has 0 aromatic heterocycles. The van der Waals surface area contributed by atoms with E-state index in [0.717, 1.165) is 13.1 Å². The van der Waals surface area contributed by atoms with Crippen molar-refractivity contribution in [2.75, 3.05) is 13.1 Å². The zero-order chi connectivity index (χ0) is 7.95. The first-order valence-corrected chi connectivity index (χ1v) is 4.53. The van der Waals surface area contributed by atoms with Gasteiger partial charge in [0.25, 0.3) is 0 Å². The lowest BCUT2D eigenvalue weighted by atomic mass is 9.78. The van der Waals surface area contributed by atoms with E-state index in [1.54, 1.807) is 0 Å². The van der Waals surface area contributed by atoms with E-state index < -0.39 is 0 Å². The van der Waals surface area contributed by atoms with Crippen molar-refractivity contribution in [3.8, 4) is 0 Å². The van der Waals surface area contributed by atoms with E-state index in [2.05, 4.69) is 19.2 Å². The SMILES string of the molecule is CC1(C)CNCC2(CCC2)O1.Cl. The van der Waals surface area contributed by atoms with Gasteiger partial charge in [-0.1, -0.05) is 0 Å². The summed E-state index contributed by atoms with van der Waals surface area (Å²) in [6, 6.07) is 0. The van der Waals surface area contributed by atoms with E-state index in [0.29, 0.717) is 0 Å². The van der Waals surface area contributed by atoms with Crippen LogP contribution in [0.2, 0.25) is 0 Å². The number of rotatable bonds is 0. The third-order valence-corrected chi connectivity index (χ3v) is 2.76.